The molecule has 1 saturated heterocycles. The van der Waals surface area contributed by atoms with Crippen LogP contribution in [0.3, 0.4) is 0 Å². The maximum absolute atomic E-state index is 5.36. The van der Waals surface area contributed by atoms with Crippen molar-refractivity contribution in [1.82, 2.24) is 15.5 Å². The van der Waals surface area contributed by atoms with Gasteiger partial charge in [0.2, 0.25) is 0 Å². The van der Waals surface area contributed by atoms with Crippen molar-refractivity contribution in [2.45, 2.75) is 33.2 Å². The van der Waals surface area contributed by atoms with Crippen LogP contribution >= 0.6 is 24.0 Å². The Hall–Kier alpha value is -1.22. The molecule has 0 radical (unpaired) electrons. The lowest BCUT2D eigenvalue weighted by molar-refractivity contribution is 0.187. The van der Waals surface area contributed by atoms with Crippen LogP contribution in [0.2, 0.25) is 0 Å². The van der Waals surface area contributed by atoms with Crippen LogP contribution in [0, 0.1) is 5.92 Å². The Balaban J connectivity index is 0.00000364. The standard InChI is InChI=1S/C20H34N4O2.HI/c1-5-21-20(22-10-12-24-11-6-7-16(2)15-24)23-14-17-8-9-18(25-3)19(13-17)26-4;/h8-9,13,16H,5-7,10-12,14-15H2,1-4H3,(H2,21,22,23);1H. The van der Waals surface area contributed by atoms with Gasteiger partial charge in [0.1, 0.15) is 0 Å². The second kappa shape index (κ2) is 13.0. The predicted octanol–water partition coefficient (Wildman–Crippen LogP) is 3.11. The van der Waals surface area contributed by atoms with E-state index in [4.69, 9.17) is 14.5 Å². The molecule has 27 heavy (non-hydrogen) atoms. The molecule has 1 aromatic carbocycles. The third-order valence-corrected chi connectivity index (χ3v) is 4.67. The van der Waals surface area contributed by atoms with Gasteiger partial charge in [0, 0.05) is 26.2 Å². The first-order chi connectivity index (χ1) is 12.7. The SMILES string of the molecule is CCNC(=NCc1ccc(OC)c(OC)c1)NCCN1CCCC(C)C1.I. The molecule has 0 amide bonds. The zero-order valence-electron chi connectivity index (χ0n) is 17.1. The average molecular weight is 490 g/mol. The fraction of sp³-hybridized carbons (Fsp3) is 0.650. The van der Waals surface area contributed by atoms with E-state index < -0.39 is 0 Å². The minimum absolute atomic E-state index is 0. The Kier molecular flexibility index (Phi) is 11.5. The Morgan fingerprint density at radius 2 is 2.00 bits per heavy atom. The summed E-state index contributed by atoms with van der Waals surface area (Å²) in [4.78, 5) is 7.23. The van der Waals surface area contributed by atoms with Crippen molar-refractivity contribution in [3.8, 4) is 11.5 Å². The molecular formula is C20H35IN4O2. The van der Waals surface area contributed by atoms with Crippen LogP contribution in [0.15, 0.2) is 23.2 Å². The summed E-state index contributed by atoms with van der Waals surface area (Å²) >= 11 is 0. The molecule has 0 aromatic heterocycles. The van der Waals surface area contributed by atoms with Gasteiger partial charge in [-0.3, -0.25) is 0 Å². The van der Waals surface area contributed by atoms with E-state index in [1.54, 1.807) is 14.2 Å². The lowest BCUT2D eigenvalue weighted by Gasteiger charge is -2.30. The van der Waals surface area contributed by atoms with Gasteiger partial charge in [0.25, 0.3) is 0 Å². The second-order valence-electron chi connectivity index (χ2n) is 6.86. The number of ether oxygens (including phenoxy) is 2. The number of nitrogens with zero attached hydrogens (tertiary/aromatic N) is 2. The van der Waals surface area contributed by atoms with Gasteiger partial charge in [-0.1, -0.05) is 13.0 Å². The van der Waals surface area contributed by atoms with E-state index in [1.807, 2.05) is 18.2 Å². The number of benzene rings is 1. The summed E-state index contributed by atoms with van der Waals surface area (Å²) in [6, 6.07) is 5.91. The minimum atomic E-state index is 0. The molecule has 1 aromatic rings. The van der Waals surface area contributed by atoms with Crippen LogP contribution in [0.1, 0.15) is 32.3 Å². The van der Waals surface area contributed by atoms with E-state index in [2.05, 4.69) is 29.4 Å². The van der Waals surface area contributed by atoms with Crippen LogP contribution in [-0.4, -0.2) is 57.8 Å². The number of hydrogen-bond acceptors (Lipinski definition) is 4. The monoisotopic (exact) mass is 490 g/mol. The fourth-order valence-electron chi connectivity index (χ4n) is 3.31. The normalized spacial score (nSPS) is 17.8. The van der Waals surface area contributed by atoms with Crippen LogP contribution in [0.4, 0.5) is 0 Å². The van der Waals surface area contributed by atoms with Gasteiger partial charge in [-0.2, -0.15) is 0 Å². The van der Waals surface area contributed by atoms with Crippen LogP contribution in [0.25, 0.3) is 0 Å². The molecule has 0 bridgehead atoms. The molecule has 0 spiro atoms. The Bertz CT molecular complexity index is 583. The molecule has 0 saturated carbocycles. The average Bonchev–Trinajstić information content (AvgIpc) is 2.66. The van der Waals surface area contributed by atoms with E-state index in [9.17, 15) is 0 Å². The summed E-state index contributed by atoms with van der Waals surface area (Å²) in [6.45, 7) is 10.3. The maximum atomic E-state index is 5.36. The zero-order chi connectivity index (χ0) is 18.8. The number of nitrogens with one attached hydrogen (secondary N) is 2. The largest absolute Gasteiger partial charge is 0.493 e. The van der Waals surface area contributed by atoms with E-state index in [0.717, 1.165) is 48.6 Å². The van der Waals surface area contributed by atoms with Crippen molar-refractivity contribution >= 4 is 29.9 Å². The van der Waals surface area contributed by atoms with Gasteiger partial charge in [-0.05, 0) is 49.9 Å². The molecule has 1 heterocycles. The number of likely N-dealkylation sites (tertiary alicyclic amines) is 1. The highest BCUT2D eigenvalue weighted by molar-refractivity contribution is 14.0. The summed E-state index contributed by atoms with van der Waals surface area (Å²) in [5, 5.41) is 6.76. The van der Waals surface area contributed by atoms with Crippen molar-refractivity contribution in [2.75, 3.05) is 46.9 Å². The van der Waals surface area contributed by atoms with Crippen molar-refractivity contribution in [1.29, 1.82) is 0 Å². The molecule has 154 valence electrons. The number of piperidine rings is 1. The van der Waals surface area contributed by atoms with Gasteiger partial charge in [0.15, 0.2) is 17.5 Å². The minimum Gasteiger partial charge on any atom is -0.493 e. The van der Waals surface area contributed by atoms with E-state index in [-0.39, 0.29) is 24.0 Å². The lowest BCUT2D eigenvalue weighted by Crippen LogP contribution is -2.43. The quantitative estimate of drug-likeness (QED) is 0.333. The molecule has 7 heteroatoms. The first kappa shape index (κ1) is 23.8. The first-order valence-electron chi connectivity index (χ1n) is 9.61. The number of guanidine groups is 1. The van der Waals surface area contributed by atoms with Crippen molar-refractivity contribution < 1.29 is 9.47 Å². The van der Waals surface area contributed by atoms with Crippen molar-refractivity contribution in [3.63, 3.8) is 0 Å². The molecule has 1 aliphatic rings. The molecule has 1 atom stereocenters. The third kappa shape index (κ3) is 8.13. The maximum Gasteiger partial charge on any atom is 0.191 e. The molecule has 6 nitrogen and oxygen atoms in total. The van der Waals surface area contributed by atoms with Crippen LogP contribution in [0.5, 0.6) is 11.5 Å². The predicted molar refractivity (Wildman–Crippen MR) is 123 cm³/mol. The Labute approximate surface area is 181 Å². The summed E-state index contributed by atoms with van der Waals surface area (Å²) in [5.41, 5.74) is 1.09. The third-order valence-electron chi connectivity index (χ3n) is 4.67. The van der Waals surface area contributed by atoms with Crippen molar-refractivity contribution in [2.24, 2.45) is 10.9 Å². The molecule has 0 aliphatic carbocycles. The highest BCUT2D eigenvalue weighted by atomic mass is 127. The summed E-state index contributed by atoms with van der Waals surface area (Å²) in [6.07, 6.45) is 2.67. The summed E-state index contributed by atoms with van der Waals surface area (Å²) in [7, 11) is 3.30. The first-order valence-corrected chi connectivity index (χ1v) is 9.61. The number of halogens is 1. The van der Waals surface area contributed by atoms with Crippen LogP contribution in [-0.2, 0) is 6.54 Å². The van der Waals surface area contributed by atoms with Gasteiger partial charge in [-0.15, -0.1) is 24.0 Å². The molecular weight excluding hydrogens is 455 g/mol. The molecule has 1 unspecified atom stereocenters. The summed E-state index contributed by atoms with van der Waals surface area (Å²) < 4.78 is 10.6. The highest BCUT2D eigenvalue weighted by Gasteiger charge is 2.15. The van der Waals surface area contributed by atoms with Gasteiger partial charge >= 0.3 is 0 Å². The van der Waals surface area contributed by atoms with E-state index in [0.29, 0.717) is 6.54 Å². The van der Waals surface area contributed by atoms with Gasteiger partial charge in [-0.25, -0.2) is 4.99 Å². The molecule has 1 fully saturated rings. The molecule has 2 rings (SSSR count). The lowest BCUT2D eigenvalue weighted by atomic mass is 10.0. The number of hydrogen-bond donors (Lipinski definition) is 2. The van der Waals surface area contributed by atoms with Crippen LogP contribution < -0.4 is 20.1 Å². The molecule has 1 aliphatic heterocycles. The molecule has 2 N–H and O–H groups in total. The number of rotatable bonds is 8. The topological polar surface area (TPSA) is 58.1 Å². The number of aliphatic imine (C=N–C) groups is 1. The number of methoxy groups -OCH3 is 2. The van der Waals surface area contributed by atoms with Gasteiger partial charge < -0.3 is 25.0 Å². The van der Waals surface area contributed by atoms with Gasteiger partial charge in [0.05, 0.1) is 20.8 Å². The smallest absolute Gasteiger partial charge is 0.191 e. The van der Waals surface area contributed by atoms with E-state index in [1.165, 1.54) is 25.9 Å². The highest BCUT2D eigenvalue weighted by Crippen LogP contribution is 2.27. The Morgan fingerprint density at radius 3 is 2.67 bits per heavy atom. The Morgan fingerprint density at radius 1 is 1.22 bits per heavy atom. The zero-order valence-corrected chi connectivity index (χ0v) is 19.4. The van der Waals surface area contributed by atoms with E-state index >= 15 is 0 Å². The van der Waals surface area contributed by atoms with Crippen molar-refractivity contribution in [3.05, 3.63) is 23.8 Å². The fourth-order valence-corrected chi connectivity index (χ4v) is 3.31. The second-order valence-corrected chi connectivity index (χ2v) is 6.86. The summed E-state index contributed by atoms with van der Waals surface area (Å²) in [5.74, 6) is 3.14.